The predicted octanol–water partition coefficient (Wildman–Crippen LogP) is 3.02. The maximum absolute atomic E-state index is 4.35. The molecule has 2 N–H and O–H groups in total. The number of nitrogens with zero attached hydrogens (tertiary/aromatic N) is 2. The summed E-state index contributed by atoms with van der Waals surface area (Å²) in [7, 11) is 1.86. The quantitative estimate of drug-likeness (QED) is 0.313. The molecule has 0 aromatic heterocycles. The topological polar surface area (TPSA) is 39.7 Å². The molecule has 0 aliphatic carbocycles. The van der Waals surface area contributed by atoms with Crippen LogP contribution in [0.4, 0.5) is 0 Å². The number of rotatable bonds is 8. The predicted molar refractivity (Wildman–Crippen MR) is 97.5 cm³/mol. The van der Waals surface area contributed by atoms with E-state index in [0.29, 0.717) is 6.04 Å². The van der Waals surface area contributed by atoms with Gasteiger partial charge in [-0.25, -0.2) is 0 Å². The third kappa shape index (κ3) is 8.42. The van der Waals surface area contributed by atoms with Gasteiger partial charge in [0, 0.05) is 39.3 Å². The van der Waals surface area contributed by atoms with Crippen molar-refractivity contribution in [2.45, 2.75) is 58.9 Å². The molecule has 22 heavy (non-hydrogen) atoms. The zero-order valence-corrected chi connectivity index (χ0v) is 15.1. The Bertz CT molecular complexity index is 341. The first kappa shape index (κ1) is 19.0. The van der Waals surface area contributed by atoms with Crippen LogP contribution >= 0.6 is 0 Å². The van der Waals surface area contributed by atoms with Gasteiger partial charge in [-0.05, 0) is 32.1 Å². The fourth-order valence-electron chi connectivity index (χ4n) is 2.89. The first-order valence-corrected chi connectivity index (χ1v) is 8.85. The molecule has 0 atom stereocenters. The van der Waals surface area contributed by atoms with Crippen molar-refractivity contribution < 1.29 is 0 Å². The summed E-state index contributed by atoms with van der Waals surface area (Å²) in [5.74, 6) is 1.77. The molecular weight excluding hydrogens is 272 g/mol. The van der Waals surface area contributed by atoms with E-state index in [1.807, 2.05) is 7.05 Å². The smallest absolute Gasteiger partial charge is 0.191 e. The van der Waals surface area contributed by atoms with Gasteiger partial charge < -0.3 is 10.6 Å². The monoisotopic (exact) mass is 308 g/mol. The number of aliphatic imine (C=N–C) groups is 1. The minimum atomic E-state index is 0.545. The number of likely N-dealkylation sites (tertiary alicyclic amines) is 1. The lowest BCUT2D eigenvalue weighted by atomic mass is 10.0. The average Bonchev–Trinajstić information content (AvgIpc) is 2.46. The molecule has 0 bridgehead atoms. The number of unbranched alkanes of at least 4 members (excludes halogenated alkanes) is 1. The van der Waals surface area contributed by atoms with Crippen LogP contribution in [0.5, 0.6) is 0 Å². The van der Waals surface area contributed by atoms with E-state index in [9.17, 15) is 0 Å². The fraction of sp³-hybridized carbons (Fsp3) is 0.833. The van der Waals surface area contributed by atoms with Crippen LogP contribution in [0.15, 0.2) is 17.1 Å². The summed E-state index contributed by atoms with van der Waals surface area (Å²) in [4.78, 5) is 6.84. The summed E-state index contributed by atoms with van der Waals surface area (Å²) in [5, 5.41) is 7.01. The van der Waals surface area contributed by atoms with E-state index in [4.69, 9.17) is 0 Å². The Labute approximate surface area is 137 Å². The van der Waals surface area contributed by atoms with Crippen LogP contribution in [-0.2, 0) is 0 Å². The molecular formula is C18H36N4. The van der Waals surface area contributed by atoms with Crippen molar-refractivity contribution in [2.24, 2.45) is 10.9 Å². The molecule has 1 fully saturated rings. The van der Waals surface area contributed by atoms with Crippen molar-refractivity contribution in [2.75, 3.05) is 33.2 Å². The Morgan fingerprint density at radius 2 is 1.95 bits per heavy atom. The second-order valence-corrected chi connectivity index (χ2v) is 7.04. The van der Waals surface area contributed by atoms with E-state index in [1.54, 1.807) is 0 Å². The molecule has 1 rings (SSSR count). The average molecular weight is 309 g/mol. The molecule has 0 saturated carbocycles. The zero-order valence-electron chi connectivity index (χ0n) is 15.1. The lowest BCUT2D eigenvalue weighted by Crippen LogP contribution is -2.49. The maximum Gasteiger partial charge on any atom is 0.191 e. The molecule has 0 spiro atoms. The van der Waals surface area contributed by atoms with Crippen molar-refractivity contribution in [3.8, 4) is 0 Å². The summed E-state index contributed by atoms with van der Waals surface area (Å²) in [6.45, 7) is 15.0. The molecule has 128 valence electrons. The Hall–Kier alpha value is -1.03. The van der Waals surface area contributed by atoms with Gasteiger partial charge in [-0.2, -0.15) is 0 Å². The van der Waals surface area contributed by atoms with E-state index in [0.717, 1.165) is 38.1 Å². The first-order valence-electron chi connectivity index (χ1n) is 8.85. The van der Waals surface area contributed by atoms with E-state index >= 15 is 0 Å². The molecule has 0 aromatic carbocycles. The van der Waals surface area contributed by atoms with Gasteiger partial charge in [0.15, 0.2) is 5.96 Å². The lowest BCUT2D eigenvalue weighted by Gasteiger charge is -2.33. The van der Waals surface area contributed by atoms with Crippen LogP contribution in [0.2, 0.25) is 0 Å². The van der Waals surface area contributed by atoms with E-state index < -0.39 is 0 Å². The van der Waals surface area contributed by atoms with Crippen molar-refractivity contribution in [1.29, 1.82) is 0 Å². The lowest BCUT2D eigenvalue weighted by molar-refractivity contribution is 0.221. The summed E-state index contributed by atoms with van der Waals surface area (Å²) >= 11 is 0. The summed E-state index contributed by atoms with van der Waals surface area (Å²) in [6.07, 6.45) is 6.19. The highest BCUT2D eigenvalue weighted by molar-refractivity contribution is 5.79. The molecule has 0 amide bonds. The summed E-state index contributed by atoms with van der Waals surface area (Å²) in [6, 6.07) is 0.545. The van der Waals surface area contributed by atoms with Gasteiger partial charge in [-0.15, -0.1) is 0 Å². The molecule has 0 radical (unpaired) electrons. The van der Waals surface area contributed by atoms with Crippen molar-refractivity contribution >= 4 is 5.96 Å². The minimum absolute atomic E-state index is 0.545. The van der Waals surface area contributed by atoms with Crippen LogP contribution < -0.4 is 10.6 Å². The largest absolute Gasteiger partial charge is 0.356 e. The van der Waals surface area contributed by atoms with Gasteiger partial charge in [0.2, 0.25) is 0 Å². The number of nitrogens with one attached hydrogen (secondary N) is 2. The molecule has 0 unspecified atom stereocenters. The number of hydrogen-bond acceptors (Lipinski definition) is 2. The van der Waals surface area contributed by atoms with Crippen molar-refractivity contribution in [3.05, 3.63) is 12.2 Å². The first-order chi connectivity index (χ1) is 10.5. The Kier molecular flexibility index (Phi) is 9.21. The van der Waals surface area contributed by atoms with Gasteiger partial charge >= 0.3 is 0 Å². The maximum atomic E-state index is 4.35. The summed E-state index contributed by atoms with van der Waals surface area (Å²) < 4.78 is 0. The SMILES string of the molecule is C=C(C)CN1CCC(NC(=NC)NCCCCC(C)C)CC1. The number of guanidine groups is 1. The van der Waals surface area contributed by atoms with Gasteiger partial charge in [-0.3, -0.25) is 9.89 Å². The normalized spacial score (nSPS) is 17.8. The van der Waals surface area contributed by atoms with Gasteiger partial charge in [-0.1, -0.05) is 38.8 Å². The second kappa shape index (κ2) is 10.7. The molecule has 1 saturated heterocycles. The van der Waals surface area contributed by atoms with Gasteiger partial charge in [0.05, 0.1) is 0 Å². The highest BCUT2D eigenvalue weighted by atomic mass is 15.2. The highest BCUT2D eigenvalue weighted by Gasteiger charge is 2.19. The van der Waals surface area contributed by atoms with Crippen LogP contribution in [0, 0.1) is 5.92 Å². The molecule has 0 aromatic rings. The molecule has 1 heterocycles. The molecule has 1 aliphatic heterocycles. The van der Waals surface area contributed by atoms with Crippen molar-refractivity contribution in [3.63, 3.8) is 0 Å². The molecule has 4 nitrogen and oxygen atoms in total. The number of hydrogen-bond donors (Lipinski definition) is 2. The van der Waals surface area contributed by atoms with Crippen LogP contribution in [0.3, 0.4) is 0 Å². The minimum Gasteiger partial charge on any atom is -0.356 e. The van der Waals surface area contributed by atoms with Crippen LogP contribution in [-0.4, -0.2) is 50.1 Å². The number of piperidine rings is 1. The highest BCUT2D eigenvalue weighted by Crippen LogP contribution is 2.11. The fourth-order valence-corrected chi connectivity index (χ4v) is 2.89. The second-order valence-electron chi connectivity index (χ2n) is 7.04. The van der Waals surface area contributed by atoms with Gasteiger partial charge in [0.25, 0.3) is 0 Å². The van der Waals surface area contributed by atoms with E-state index in [1.165, 1.54) is 37.7 Å². The molecule has 1 aliphatic rings. The Morgan fingerprint density at radius 3 is 2.50 bits per heavy atom. The van der Waals surface area contributed by atoms with Crippen molar-refractivity contribution in [1.82, 2.24) is 15.5 Å². The van der Waals surface area contributed by atoms with Crippen LogP contribution in [0.25, 0.3) is 0 Å². The van der Waals surface area contributed by atoms with Gasteiger partial charge in [0.1, 0.15) is 0 Å². The molecule has 4 heteroatoms. The zero-order chi connectivity index (χ0) is 16.4. The van der Waals surface area contributed by atoms with Crippen LogP contribution in [0.1, 0.15) is 52.9 Å². The third-order valence-electron chi connectivity index (χ3n) is 4.15. The van der Waals surface area contributed by atoms with E-state index in [-0.39, 0.29) is 0 Å². The summed E-state index contributed by atoms with van der Waals surface area (Å²) in [5.41, 5.74) is 1.25. The van der Waals surface area contributed by atoms with E-state index in [2.05, 4.69) is 47.9 Å². The Balaban J connectivity index is 2.17. The third-order valence-corrected chi connectivity index (χ3v) is 4.15. The Morgan fingerprint density at radius 1 is 1.27 bits per heavy atom. The standard InChI is InChI=1S/C18H36N4/c1-15(2)8-6-7-11-20-18(19-5)21-17-9-12-22(13-10-17)14-16(3)4/h15,17H,3,6-14H2,1-2,4-5H3,(H2,19,20,21).